The highest BCUT2D eigenvalue weighted by molar-refractivity contribution is 7.98. The zero-order valence-electron chi connectivity index (χ0n) is 15.2. The Morgan fingerprint density at radius 1 is 1.07 bits per heavy atom. The van der Waals surface area contributed by atoms with E-state index in [9.17, 15) is 5.26 Å². The predicted octanol–water partition coefficient (Wildman–Crippen LogP) is 3.64. The molecule has 7 nitrogen and oxygen atoms in total. The largest absolute Gasteiger partial charge is 0.368 e. The van der Waals surface area contributed by atoms with Gasteiger partial charge in [-0.2, -0.15) is 20.2 Å². The number of fused-ring (bicyclic) bond motifs is 1. The Hall–Kier alpha value is -3.18. The lowest BCUT2D eigenvalue weighted by atomic mass is 9.95. The summed E-state index contributed by atoms with van der Waals surface area (Å²) < 4.78 is 0. The number of thioether (sulfide) groups is 1. The van der Waals surface area contributed by atoms with Gasteiger partial charge in [-0.3, -0.25) is 0 Å². The molecule has 0 spiro atoms. The van der Waals surface area contributed by atoms with Gasteiger partial charge in [0.25, 0.3) is 0 Å². The molecule has 3 aromatic rings. The molecule has 8 heteroatoms. The Morgan fingerprint density at radius 2 is 1.89 bits per heavy atom. The van der Waals surface area contributed by atoms with Crippen molar-refractivity contribution in [2.75, 3.05) is 11.1 Å². The Labute approximate surface area is 167 Å². The van der Waals surface area contributed by atoms with E-state index in [-0.39, 0.29) is 5.95 Å². The van der Waals surface area contributed by atoms with Crippen molar-refractivity contribution < 1.29 is 0 Å². The Morgan fingerprint density at radius 3 is 2.71 bits per heavy atom. The third kappa shape index (κ3) is 4.21. The average Bonchev–Trinajstić information content (AvgIpc) is 2.72. The normalized spacial score (nSPS) is 12.8. The number of pyridine rings is 1. The molecular weight excluding hydrogens is 370 g/mol. The molecule has 28 heavy (non-hydrogen) atoms. The summed E-state index contributed by atoms with van der Waals surface area (Å²) in [4.78, 5) is 17.5. The Bertz CT molecular complexity index is 1030. The van der Waals surface area contributed by atoms with Crippen molar-refractivity contribution in [1.82, 2.24) is 19.9 Å². The molecule has 0 fully saturated rings. The lowest BCUT2D eigenvalue weighted by Gasteiger charge is -2.16. The summed E-state index contributed by atoms with van der Waals surface area (Å²) >= 11 is 1.45. The molecule has 1 aromatic carbocycles. The number of aryl methyl sites for hydroxylation is 2. The van der Waals surface area contributed by atoms with E-state index in [1.165, 1.54) is 17.3 Å². The van der Waals surface area contributed by atoms with Crippen LogP contribution in [0.3, 0.4) is 0 Å². The SMILES string of the molecule is N#Cc1cc2c(nc1SCc1nc(N)nc(Nc3ccccc3)n1)CCCC2. The molecule has 0 unspecified atom stereocenters. The molecule has 0 saturated carbocycles. The van der Waals surface area contributed by atoms with Gasteiger partial charge >= 0.3 is 0 Å². The summed E-state index contributed by atoms with van der Waals surface area (Å²) in [7, 11) is 0. The number of hydrogen-bond acceptors (Lipinski definition) is 8. The van der Waals surface area contributed by atoms with Crippen LogP contribution in [0.15, 0.2) is 41.4 Å². The van der Waals surface area contributed by atoms with Crippen LogP contribution in [-0.4, -0.2) is 19.9 Å². The highest BCUT2D eigenvalue weighted by Gasteiger charge is 2.16. The minimum Gasteiger partial charge on any atom is -0.368 e. The van der Waals surface area contributed by atoms with Gasteiger partial charge in [-0.25, -0.2) is 4.98 Å². The number of aromatic nitrogens is 4. The summed E-state index contributed by atoms with van der Waals surface area (Å²) in [6, 6.07) is 13.9. The first-order valence-electron chi connectivity index (χ1n) is 9.09. The number of hydrogen-bond donors (Lipinski definition) is 2. The average molecular weight is 389 g/mol. The van der Waals surface area contributed by atoms with Gasteiger partial charge in [0, 0.05) is 11.4 Å². The van der Waals surface area contributed by atoms with Crippen LogP contribution in [0.25, 0.3) is 0 Å². The van der Waals surface area contributed by atoms with Gasteiger partial charge in [0.2, 0.25) is 11.9 Å². The molecule has 4 rings (SSSR count). The molecule has 0 bridgehead atoms. The fourth-order valence-electron chi connectivity index (χ4n) is 3.15. The van der Waals surface area contributed by atoms with E-state index in [1.54, 1.807) is 0 Å². The number of rotatable bonds is 5. The minimum atomic E-state index is 0.155. The lowest BCUT2D eigenvalue weighted by molar-refractivity contribution is 0.660. The van der Waals surface area contributed by atoms with Crippen molar-refractivity contribution in [3.8, 4) is 6.07 Å². The Kier molecular flexibility index (Phi) is 5.35. The number of benzene rings is 1. The molecule has 0 amide bonds. The summed E-state index contributed by atoms with van der Waals surface area (Å²) in [6.45, 7) is 0. The standard InChI is InChI=1S/C20H19N7S/c21-11-14-10-13-6-4-5-9-16(13)24-18(14)28-12-17-25-19(22)27-20(26-17)23-15-7-2-1-3-8-15/h1-3,7-8,10H,4-6,9,12H2,(H3,22,23,25,26,27). The molecule has 2 aromatic heterocycles. The minimum absolute atomic E-state index is 0.155. The van der Waals surface area contributed by atoms with Gasteiger partial charge in [-0.05, 0) is 49.4 Å². The van der Waals surface area contributed by atoms with Gasteiger partial charge in [-0.1, -0.05) is 30.0 Å². The van der Waals surface area contributed by atoms with E-state index in [2.05, 4.69) is 26.3 Å². The van der Waals surface area contributed by atoms with Crippen molar-refractivity contribution in [3.05, 3.63) is 59.0 Å². The van der Waals surface area contributed by atoms with Gasteiger partial charge in [0.05, 0.1) is 11.3 Å². The molecule has 0 aliphatic heterocycles. The molecule has 0 atom stereocenters. The van der Waals surface area contributed by atoms with Crippen LogP contribution in [0.5, 0.6) is 0 Å². The van der Waals surface area contributed by atoms with Crippen LogP contribution in [0.4, 0.5) is 17.6 Å². The molecule has 0 saturated heterocycles. The van der Waals surface area contributed by atoms with E-state index in [0.29, 0.717) is 23.1 Å². The number of nitrogens with two attached hydrogens (primary N) is 1. The van der Waals surface area contributed by atoms with E-state index >= 15 is 0 Å². The molecule has 140 valence electrons. The van der Waals surface area contributed by atoms with Crippen molar-refractivity contribution in [2.24, 2.45) is 0 Å². The number of nitrogens with one attached hydrogen (secondary N) is 1. The number of nitrogens with zero attached hydrogens (tertiary/aromatic N) is 5. The quantitative estimate of drug-likeness (QED) is 0.636. The predicted molar refractivity (Wildman–Crippen MR) is 109 cm³/mol. The fraction of sp³-hybridized carbons (Fsp3) is 0.250. The summed E-state index contributed by atoms with van der Waals surface area (Å²) in [5, 5.41) is 13.3. The van der Waals surface area contributed by atoms with Gasteiger partial charge < -0.3 is 11.1 Å². The zero-order chi connectivity index (χ0) is 19.3. The maximum Gasteiger partial charge on any atom is 0.232 e. The molecule has 1 aliphatic rings. The van der Waals surface area contributed by atoms with Crippen molar-refractivity contribution in [1.29, 1.82) is 5.26 Å². The van der Waals surface area contributed by atoms with Crippen molar-refractivity contribution >= 4 is 29.3 Å². The van der Waals surface area contributed by atoms with Gasteiger partial charge in [0.1, 0.15) is 16.9 Å². The fourth-order valence-corrected chi connectivity index (χ4v) is 3.98. The van der Waals surface area contributed by atoms with Crippen molar-refractivity contribution in [3.63, 3.8) is 0 Å². The van der Waals surface area contributed by atoms with Crippen LogP contribution in [0, 0.1) is 11.3 Å². The molecule has 1 aliphatic carbocycles. The Balaban J connectivity index is 1.53. The summed E-state index contributed by atoms with van der Waals surface area (Å²) in [6.07, 6.45) is 4.28. The first-order valence-corrected chi connectivity index (χ1v) is 10.1. The van der Waals surface area contributed by atoms with Crippen LogP contribution in [0.1, 0.15) is 35.5 Å². The van der Waals surface area contributed by atoms with Crippen LogP contribution < -0.4 is 11.1 Å². The maximum atomic E-state index is 9.49. The van der Waals surface area contributed by atoms with E-state index < -0.39 is 0 Å². The van der Waals surface area contributed by atoms with Crippen LogP contribution in [0.2, 0.25) is 0 Å². The number of nitriles is 1. The number of anilines is 3. The zero-order valence-corrected chi connectivity index (χ0v) is 16.0. The summed E-state index contributed by atoms with van der Waals surface area (Å²) in [5.74, 6) is 1.55. The maximum absolute atomic E-state index is 9.49. The van der Waals surface area contributed by atoms with E-state index in [1.807, 2.05) is 36.4 Å². The summed E-state index contributed by atoms with van der Waals surface area (Å²) in [5.41, 5.74) is 9.63. The number of nitrogen functional groups attached to an aromatic ring is 1. The second-order valence-electron chi connectivity index (χ2n) is 6.48. The monoisotopic (exact) mass is 389 g/mol. The van der Waals surface area contributed by atoms with Gasteiger partial charge in [0.15, 0.2) is 0 Å². The number of para-hydroxylation sites is 1. The van der Waals surface area contributed by atoms with Gasteiger partial charge in [-0.15, -0.1) is 0 Å². The molecule has 3 N–H and O–H groups in total. The third-order valence-electron chi connectivity index (χ3n) is 4.45. The van der Waals surface area contributed by atoms with E-state index in [4.69, 9.17) is 10.7 Å². The van der Waals surface area contributed by atoms with E-state index in [0.717, 1.165) is 42.1 Å². The molecule has 2 heterocycles. The van der Waals surface area contributed by atoms with Crippen molar-refractivity contribution in [2.45, 2.75) is 36.5 Å². The highest BCUT2D eigenvalue weighted by atomic mass is 32.2. The van der Waals surface area contributed by atoms with Crippen LogP contribution >= 0.6 is 11.8 Å². The first-order chi connectivity index (χ1) is 13.7. The van der Waals surface area contributed by atoms with Crippen LogP contribution in [-0.2, 0) is 18.6 Å². The highest BCUT2D eigenvalue weighted by Crippen LogP contribution is 2.29. The lowest BCUT2D eigenvalue weighted by Crippen LogP contribution is -2.08. The third-order valence-corrected chi connectivity index (χ3v) is 5.44. The second kappa shape index (κ2) is 8.23. The first kappa shape index (κ1) is 18.2. The molecular formula is C20H19N7S. The molecule has 0 radical (unpaired) electrons. The second-order valence-corrected chi connectivity index (χ2v) is 7.44. The smallest absolute Gasteiger partial charge is 0.232 e. The topological polar surface area (TPSA) is 113 Å².